The van der Waals surface area contributed by atoms with Gasteiger partial charge in [0.1, 0.15) is 12.1 Å². The summed E-state index contributed by atoms with van der Waals surface area (Å²) in [6.07, 6.45) is -0.539. The van der Waals surface area contributed by atoms with Crippen molar-refractivity contribution in [2.45, 2.75) is 58.8 Å². The van der Waals surface area contributed by atoms with Crippen molar-refractivity contribution in [2.75, 3.05) is 56.0 Å². The molecular formula is C34H47N7O3S. The van der Waals surface area contributed by atoms with Crippen molar-refractivity contribution in [3.05, 3.63) is 65.3 Å². The molecule has 5 rings (SSSR count). The lowest BCUT2D eigenvalue weighted by atomic mass is 9.85. The van der Waals surface area contributed by atoms with Gasteiger partial charge in [0.15, 0.2) is 0 Å². The Morgan fingerprint density at radius 2 is 1.76 bits per heavy atom. The Kier molecular flexibility index (Phi) is 10.4. The van der Waals surface area contributed by atoms with Gasteiger partial charge in [-0.1, -0.05) is 45.0 Å². The largest absolute Gasteiger partial charge is 0.391 e. The third-order valence-electron chi connectivity index (χ3n) is 8.77. The van der Waals surface area contributed by atoms with Gasteiger partial charge in [0.25, 0.3) is 0 Å². The fourth-order valence-electron chi connectivity index (χ4n) is 6.13. The molecule has 2 aliphatic heterocycles. The molecule has 10 nitrogen and oxygen atoms in total. The third kappa shape index (κ3) is 8.02. The van der Waals surface area contributed by atoms with E-state index in [9.17, 15) is 14.7 Å². The zero-order valence-corrected chi connectivity index (χ0v) is 27.6. The number of nitrogens with two attached hydrogens (primary N) is 1. The lowest BCUT2D eigenvalue weighted by Gasteiger charge is -2.37. The predicted molar refractivity (Wildman–Crippen MR) is 181 cm³/mol. The van der Waals surface area contributed by atoms with E-state index in [1.165, 1.54) is 0 Å². The van der Waals surface area contributed by atoms with E-state index in [1.807, 2.05) is 69.6 Å². The van der Waals surface area contributed by atoms with E-state index in [1.54, 1.807) is 16.2 Å². The summed E-state index contributed by atoms with van der Waals surface area (Å²) in [6, 6.07) is 14.9. The van der Waals surface area contributed by atoms with Crippen molar-refractivity contribution in [1.29, 1.82) is 0 Å². The van der Waals surface area contributed by atoms with Crippen LogP contribution >= 0.6 is 11.3 Å². The number of aliphatic hydroxyl groups excluding tert-OH is 1. The number of nitrogens with zero attached hydrogens (tertiary/aromatic N) is 4. The molecule has 242 valence electrons. The molecule has 0 unspecified atom stereocenters. The maximum atomic E-state index is 14.1. The minimum Gasteiger partial charge on any atom is -0.391 e. The van der Waals surface area contributed by atoms with E-state index < -0.39 is 23.6 Å². The fourth-order valence-corrected chi connectivity index (χ4v) is 6.94. The van der Waals surface area contributed by atoms with Gasteiger partial charge in [-0.3, -0.25) is 14.5 Å². The molecule has 5 N–H and O–H groups in total. The number of aromatic nitrogens is 1. The first-order chi connectivity index (χ1) is 21.5. The zero-order valence-electron chi connectivity index (χ0n) is 26.8. The Hall–Kier alpha value is -3.51. The maximum absolute atomic E-state index is 14.1. The van der Waals surface area contributed by atoms with Crippen LogP contribution in [0.25, 0.3) is 10.4 Å². The highest BCUT2D eigenvalue weighted by atomic mass is 32.1. The number of aryl methyl sites for hydroxylation is 1. The molecule has 2 saturated heterocycles. The molecule has 2 amide bonds. The normalized spacial score (nSPS) is 19.9. The molecule has 0 spiro atoms. The second kappa shape index (κ2) is 14.3. The average molecular weight is 634 g/mol. The number of amides is 2. The van der Waals surface area contributed by atoms with Gasteiger partial charge in [0.05, 0.1) is 22.2 Å². The summed E-state index contributed by atoms with van der Waals surface area (Å²) >= 11 is 1.60. The number of anilines is 2. The van der Waals surface area contributed by atoms with E-state index in [0.717, 1.165) is 65.8 Å². The minimum atomic E-state index is -0.753. The van der Waals surface area contributed by atoms with Crippen molar-refractivity contribution in [2.24, 2.45) is 11.1 Å². The van der Waals surface area contributed by atoms with E-state index in [0.29, 0.717) is 13.1 Å². The van der Waals surface area contributed by atoms with Crippen molar-refractivity contribution in [3.8, 4) is 10.4 Å². The lowest BCUT2D eigenvalue weighted by Crippen LogP contribution is -2.54. The van der Waals surface area contributed by atoms with Crippen LogP contribution in [0, 0.1) is 12.3 Å². The van der Waals surface area contributed by atoms with Crippen LogP contribution in [0.4, 0.5) is 11.4 Å². The molecule has 2 fully saturated rings. The summed E-state index contributed by atoms with van der Waals surface area (Å²) in [5.74, 6) is -0.450. The zero-order chi connectivity index (χ0) is 32.1. The summed E-state index contributed by atoms with van der Waals surface area (Å²) in [5, 5.41) is 17.0. The summed E-state index contributed by atoms with van der Waals surface area (Å²) in [4.78, 5) is 39.2. The second-order valence-corrected chi connectivity index (χ2v) is 14.0. The van der Waals surface area contributed by atoms with E-state index in [4.69, 9.17) is 5.73 Å². The van der Waals surface area contributed by atoms with Crippen molar-refractivity contribution in [3.63, 3.8) is 0 Å². The monoisotopic (exact) mass is 633 g/mol. The minimum absolute atomic E-state index is 0.128. The molecule has 0 bridgehead atoms. The van der Waals surface area contributed by atoms with Crippen molar-refractivity contribution in [1.82, 2.24) is 20.1 Å². The molecular weight excluding hydrogens is 586 g/mol. The van der Waals surface area contributed by atoms with Crippen LogP contribution in [0.5, 0.6) is 0 Å². The molecule has 11 heteroatoms. The van der Waals surface area contributed by atoms with E-state index >= 15 is 0 Å². The average Bonchev–Trinajstić information content (AvgIpc) is 3.64. The van der Waals surface area contributed by atoms with Gasteiger partial charge in [0, 0.05) is 70.2 Å². The van der Waals surface area contributed by atoms with Crippen molar-refractivity contribution >= 4 is 34.5 Å². The van der Waals surface area contributed by atoms with Crippen molar-refractivity contribution < 1.29 is 14.7 Å². The highest BCUT2D eigenvalue weighted by Gasteiger charge is 2.44. The number of carbonyl (C=O) groups excluding carboxylic acids is 2. The Bertz CT molecular complexity index is 1430. The number of nitrogens with one attached hydrogen (secondary N) is 2. The van der Waals surface area contributed by atoms with Crippen LogP contribution in [0.3, 0.4) is 0 Å². The molecule has 2 aliphatic rings. The molecule has 1 aromatic heterocycles. The summed E-state index contributed by atoms with van der Waals surface area (Å²) < 4.78 is 0. The van der Waals surface area contributed by atoms with Crippen LogP contribution in [0.2, 0.25) is 0 Å². The van der Waals surface area contributed by atoms with Gasteiger partial charge < -0.3 is 31.3 Å². The first kappa shape index (κ1) is 32.9. The van der Waals surface area contributed by atoms with Crippen LogP contribution in [0.1, 0.15) is 38.4 Å². The van der Waals surface area contributed by atoms with Gasteiger partial charge in [-0.2, -0.15) is 0 Å². The fraction of sp³-hybridized carbons (Fsp3) is 0.500. The molecule has 3 heterocycles. The molecule has 3 atom stereocenters. The predicted octanol–water partition coefficient (Wildman–Crippen LogP) is 3.30. The van der Waals surface area contributed by atoms with E-state index in [2.05, 4.69) is 37.6 Å². The summed E-state index contributed by atoms with van der Waals surface area (Å²) in [7, 11) is 0. The highest BCUT2D eigenvalue weighted by molar-refractivity contribution is 7.13. The van der Waals surface area contributed by atoms with Gasteiger partial charge in [0.2, 0.25) is 11.8 Å². The lowest BCUT2D eigenvalue weighted by molar-refractivity contribution is -0.140. The number of aliphatic hydroxyl groups is 1. The Labute approximate surface area is 270 Å². The summed E-state index contributed by atoms with van der Waals surface area (Å²) in [6.45, 7) is 14.0. The number of benzene rings is 2. The number of β-amino-alcohol motifs (C(OH)–C–C–N with tert-alkyl or cyclic N) is 1. The number of carbonyl (C=O) groups is 2. The number of hydrogen-bond acceptors (Lipinski definition) is 9. The maximum Gasteiger partial charge on any atom is 0.246 e. The first-order valence-corrected chi connectivity index (χ1v) is 16.7. The number of thiazole rings is 1. The molecule has 45 heavy (non-hydrogen) atoms. The molecule has 0 saturated carbocycles. The quantitative estimate of drug-likeness (QED) is 0.268. The van der Waals surface area contributed by atoms with Crippen LogP contribution < -0.4 is 21.3 Å². The van der Waals surface area contributed by atoms with Gasteiger partial charge in [-0.05, 0) is 47.7 Å². The van der Waals surface area contributed by atoms with Crippen LogP contribution in [-0.4, -0.2) is 95.7 Å². The number of piperazine rings is 1. The Morgan fingerprint density at radius 3 is 2.36 bits per heavy atom. The van der Waals surface area contributed by atoms with Crippen LogP contribution in [-0.2, 0) is 16.1 Å². The SMILES string of the molecule is Cc1ncsc1-c1ccc(CNC(=O)[C@@H]2C[C@@H](O)CN2C(=O)[C@@H](Nc2ccc(N3CCN(CCN)CC3)cc2)C(C)(C)C)cc1. The highest BCUT2D eigenvalue weighted by Crippen LogP contribution is 2.30. The summed E-state index contributed by atoms with van der Waals surface area (Å²) in [5.41, 5.74) is 12.2. The third-order valence-corrected chi connectivity index (χ3v) is 9.74. The Morgan fingerprint density at radius 1 is 1.07 bits per heavy atom. The van der Waals surface area contributed by atoms with Gasteiger partial charge in [-0.15, -0.1) is 11.3 Å². The number of hydrogen-bond donors (Lipinski definition) is 4. The second-order valence-electron chi connectivity index (χ2n) is 13.2. The number of rotatable bonds is 10. The van der Waals surface area contributed by atoms with Gasteiger partial charge >= 0.3 is 0 Å². The molecule has 0 radical (unpaired) electrons. The van der Waals surface area contributed by atoms with Crippen LogP contribution in [0.15, 0.2) is 54.0 Å². The van der Waals surface area contributed by atoms with Gasteiger partial charge in [-0.25, -0.2) is 4.98 Å². The van der Waals surface area contributed by atoms with E-state index in [-0.39, 0.29) is 24.8 Å². The molecule has 2 aromatic carbocycles. The first-order valence-electron chi connectivity index (χ1n) is 15.8. The smallest absolute Gasteiger partial charge is 0.246 e. The molecule has 0 aliphatic carbocycles. The standard InChI is InChI=1S/C34H47N7O3S/c1-23-30(45-22-37-23)25-7-5-24(6-8-25)20-36-32(43)29-19-28(42)21-41(29)33(44)31(34(2,3)4)38-26-9-11-27(12-10-26)40-17-15-39(14-13-35)16-18-40/h5-12,22,28-29,31,38,42H,13-21,35H2,1-4H3,(H,36,43)/t28-,29+,31-/m1/s1. The Balaban J connectivity index is 1.21. The topological polar surface area (TPSA) is 127 Å². The number of likely N-dealkylation sites (tertiary alicyclic amines) is 1. The molecule has 3 aromatic rings.